The first kappa shape index (κ1) is 31.4. The van der Waals surface area contributed by atoms with Crippen molar-refractivity contribution < 1.29 is 22.6 Å². The molecule has 0 aliphatic carbocycles. The predicted octanol–water partition coefficient (Wildman–Crippen LogP) is 5.55. The molecule has 7 rings (SSSR count). The van der Waals surface area contributed by atoms with Crippen LogP contribution in [0.1, 0.15) is 38.7 Å². The molecule has 10 nitrogen and oxygen atoms in total. The molecule has 0 spiro atoms. The van der Waals surface area contributed by atoms with E-state index in [2.05, 4.69) is 32.0 Å². The van der Waals surface area contributed by atoms with E-state index < -0.39 is 17.0 Å². The number of ether oxygens (including phenoxy) is 2. The summed E-state index contributed by atoms with van der Waals surface area (Å²) in [4.78, 5) is 18.3. The third-order valence-electron chi connectivity index (χ3n) is 9.75. The molecule has 0 radical (unpaired) electrons. The molecule has 1 aromatic carbocycles. The lowest BCUT2D eigenvalue weighted by molar-refractivity contribution is 0.0977. The first-order valence-corrected chi connectivity index (χ1v) is 16.5. The molecular formula is C33H35F3N8O2S. The maximum Gasteiger partial charge on any atom is 0.319 e. The molecule has 3 aromatic heterocycles. The van der Waals surface area contributed by atoms with Crippen LogP contribution in [0.4, 0.5) is 24.0 Å². The second-order valence-corrected chi connectivity index (χ2v) is 13.8. The Bertz CT molecular complexity index is 1950. The Morgan fingerprint density at radius 3 is 2.64 bits per heavy atom. The van der Waals surface area contributed by atoms with Gasteiger partial charge in [-0.15, -0.1) is 11.3 Å². The van der Waals surface area contributed by atoms with E-state index in [0.717, 1.165) is 37.3 Å². The van der Waals surface area contributed by atoms with Crippen LogP contribution in [0.3, 0.4) is 0 Å². The van der Waals surface area contributed by atoms with E-state index in [4.69, 9.17) is 20.2 Å². The van der Waals surface area contributed by atoms with Crippen LogP contribution in [-0.4, -0.2) is 78.4 Å². The van der Waals surface area contributed by atoms with Crippen molar-refractivity contribution in [3.05, 3.63) is 41.2 Å². The van der Waals surface area contributed by atoms with E-state index in [1.54, 1.807) is 0 Å². The number of nitrogens with one attached hydrogen (secondary N) is 1. The van der Waals surface area contributed by atoms with Gasteiger partial charge in [-0.25, -0.2) is 18.2 Å². The molecule has 2 bridgehead atoms. The second-order valence-electron chi connectivity index (χ2n) is 12.7. The van der Waals surface area contributed by atoms with Gasteiger partial charge in [0.2, 0.25) is 5.88 Å². The van der Waals surface area contributed by atoms with Gasteiger partial charge in [0.1, 0.15) is 45.9 Å². The zero-order valence-corrected chi connectivity index (χ0v) is 27.2. The lowest BCUT2D eigenvalue weighted by atomic mass is 9.78. The van der Waals surface area contributed by atoms with Crippen molar-refractivity contribution in [3.8, 4) is 29.2 Å². The standard InChI is InChI=1S/C33H35F3N8O2S/c1-4-43-10-9-17(11-34)33(2,15-43)16-46-32-41-27-24(30(42-32)44-13-18-5-6-19(14-44)39-18)31(45-3)40-26(25(27)36)20-7-8-22(35)28-23(20)21(12-37)29(38)47-28/h7-8,11,18-19,39H,4-6,9-10,13-16,38H2,1-3H3/b17-11+/t18-,19+,33-/m0/s1. The van der Waals surface area contributed by atoms with Crippen molar-refractivity contribution in [2.75, 3.05) is 57.1 Å². The summed E-state index contributed by atoms with van der Waals surface area (Å²) in [5, 5.41) is 14.0. The third kappa shape index (κ3) is 5.30. The predicted molar refractivity (Wildman–Crippen MR) is 175 cm³/mol. The number of nitrogens with zero attached hydrogens (tertiary/aromatic N) is 6. The number of likely N-dealkylation sites (tertiary alicyclic amines) is 1. The van der Waals surface area contributed by atoms with Crippen LogP contribution in [-0.2, 0) is 0 Å². The number of anilines is 2. The number of nitriles is 1. The number of thiophene rings is 1. The lowest BCUT2D eigenvalue weighted by Gasteiger charge is -2.41. The number of rotatable bonds is 7. The average Bonchev–Trinajstić information content (AvgIpc) is 3.61. The smallest absolute Gasteiger partial charge is 0.319 e. The molecule has 4 aromatic rings. The van der Waals surface area contributed by atoms with E-state index in [0.29, 0.717) is 43.8 Å². The molecule has 0 saturated carbocycles. The van der Waals surface area contributed by atoms with Gasteiger partial charge >= 0.3 is 6.01 Å². The minimum absolute atomic E-state index is 0.0435. The molecule has 0 amide bonds. The second kappa shape index (κ2) is 12.1. The van der Waals surface area contributed by atoms with Gasteiger partial charge in [0.25, 0.3) is 0 Å². The van der Waals surface area contributed by atoms with E-state index in [1.807, 2.05) is 13.0 Å². The third-order valence-corrected chi connectivity index (χ3v) is 10.8. The van der Waals surface area contributed by atoms with Crippen molar-refractivity contribution >= 4 is 43.1 Å². The molecule has 3 aliphatic rings. The highest BCUT2D eigenvalue weighted by Crippen LogP contribution is 2.45. The fourth-order valence-corrected chi connectivity index (χ4v) is 8.21. The number of halogens is 3. The number of aromatic nitrogens is 3. The Kier molecular flexibility index (Phi) is 8.10. The van der Waals surface area contributed by atoms with Crippen LogP contribution < -0.4 is 25.4 Å². The number of benzene rings is 1. The summed E-state index contributed by atoms with van der Waals surface area (Å²) >= 11 is 0.917. The van der Waals surface area contributed by atoms with Gasteiger partial charge in [-0.05, 0) is 43.5 Å². The Balaban J connectivity index is 1.41. The van der Waals surface area contributed by atoms with Gasteiger partial charge in [0, 0.05) is 54.6 Å². The Morgan fingerprint density at radius 1 is 1.19 bits per heavy atom. The van der Waals surface area contributed by atoms with Crippen molar-refractivity contribution in [1.82, 2.24) is 25.2 Å². The van der Waals surface area contributed by atoms with Crippen LogP contribution >= 0.6 is 11.3 Å². The van der Waals surface area contributed by atoms with Crippen molar-refractivity contribution in [3.63, 3.8) is 0 Å². The fraction of sp³-hybridized carbons (Fsp3) is 0.455. The molecule has 6 heterocycles. The van der Waals surface area contributed by atoms with Crippen LogP contribution in [0.2, 0.25) is 0 Å². The monoisotopic (exact) mass is 664 g/mol. The van der Waals surface area contributed by atoms with Crippen molar-refractivity contribution in [2.45, 2.75) is 45.2 Å². The summed E-state index contributed by atoms with van der Waals surface area (Å²) in [6.45, 7) is 7.50. The van der Waals surface area contributed by atoms with Gasteiger partial charge in [-0.1, -0.05) is 13.8 Å². The number of pyridine rings is 1. The summed E-state index contributed by atoms with van der Waals surface area (Å²) < 4.78 is 58.0. The van der Waals surface area contributed by atoms with Crippen molar-refractivity contribution in [1.29, 1.82) is 5.26 Å². The first-order chi connectivity index (χ1) is 22.7. The maximum absolute atomic E-state index is 17.0. The number of hydrogen-bond donors (Lipinski definition) is 2. The topological polar surface area (TPSA) is 125 Å². The Morgan fingerprint density at radius 2 is 1.96 bits per heavy atom. The lowest BCUT2D eigenvalue weighted by Crippen LogP contribution is -2.51. The largest absolute Gasteiger partial charge is 0.480 e. The minimum atomic E-state index is -0.806. The first-order valence-electron chi connectivity index (χ1n) is 15.7. The number of piperazine rings is 1. The molecule has 3 atom stereocenters. The molecule has 246 valence electrons. The Hall–Kier alpha value is -4.19. The van der Waals surface area contributed by atoms with Gasteiger partial charge < -0.3 is 30.3 Å². The molecular weight excluding hydrogens is 629 g/mol. The summed E-state index contributed by atoms with van der Waals surface area (Å²) in [5.74, 6) is -0.892. The minimum Gasteiger partial charge on any atom is -0.480 e. The van der Waals surface area contributed by atoms with Crippen LogP contribution in [0.25, 0.3) is 32.2 Å². The van der Waals surface area contributed by atoms with Crippen LogP contribution in [0.5, 0.6) is 11.9 Å². The number of methoxy groups -OCH3 is 1. The van der Waals surface area contributed by atoms with Crippen LogP contribution in [0.15, 0.2) is 24.0 Å². The molecule has 14 heteroatoms. The van der Waals surface area contributed by atoms with Gasteiger partial charge in [-0.3, -0.25) is 0 Å². The quantitative estimate of drug-likeness (QED) is 0.260. The Labute approximate surface area is 274 Å². The van der Waals surface area contributed by atoms with Gasteiger partial charge in [0.05, 0.1) is 23.7 Å². The summed E-state index contributed by atoms with van der Waals surface area (Å²) in [7, 11) is 1.43. The zero-order valence-electron chi connectivity index (χ0n) is 26.4. The van der Waals surface area contributed by atoms with Crippen molar-refractivity contribution in [2.24, 2.45) is 5.41 Å². The highest BCUT2D eigenvalue weighted by molar-refractivity contribution is 7.23. The van der Waals surface area contributed by atoms with Crippen LogP contribution in [0, 0.1) is 28.4 Å². The SMILES string of the molecule is CCN1CC/C(=C\F)[C@](C)(COc2nc(N3C[C@H]4CC[C@@H](C3)N4)c3c(OC)nc(-c4ccc(F)c5sc(N)c(C#N)c45)c(F)c3n2)C1. The number of piperidine rings is 1. The highest BCUT2D eigenvalue weighted by Gasteiger charge is 2.38. The number of fused-ring (bicyclic) bond motifs is 4. The number of hydrogen-bond acceptors (Lipinski definition) is 11. The van der Waals surface area contributed by atoms with Gasteiger partial charge in [-0.2, -0.15) is 15.2 Å². The summed E-state index contributed by atoms with van der Waals surface area (Å²) in [6.07, 6.45) is 3.26. The highest BCUT2D eigenvalue weighted by atomic mass is 32.1. The van der Waals surface area contributed by atoms with E-state index in [9.17, 15) is 14.0 Å². The molecule has 3 saturated heterocycles. The average molecular weight is 665 g/mol. The normalized spacial score (nSPS) is 23.9. The zero-order chi connectivity index (χ0) is 33.0. The van der Waals surface area contributed by atoms with E-state index in [1.165, 1.54) is 19.2 Å². The van der Waals surface area contributed by atoms with Gasteiger partial charge in [0.15, 0.2) is 5.82 Å². The molecule has 3 aliphatic heterocycles. The molecule has 3 N–H and O–H groups in total. The number of nitrogens with two attached hydrogens (primary N) is 1. The summed E-state index contributed by atoms with van der Waals surface area (Å²) in [6, 6.07) is 5.02. The molecule has 3 fully saturated rings. The van der Waals surface area contributed by atoms with E-state index in [-0.39, 0.29) is 73.4 Å². The maximum atomic E-state index is 17.0. The number of nitrogen functional groups attached to an aromatic ring is 1. The van der Waals surface area contributed by atoms with E-state index >= 15 is 4.39 Å². The molecule has 47 heavy (non-hydrogen) atoms. The summed E-state index contributed by atoms with van der Waals surface area (Å²) in [5.41, 5.74) is 6.01. The molecule has 0 unspecified atom stereocenters. The fourth-order valence-electron chi connectivity index (χ4n) is 7.26.